The lowest BCUT2D eigenvalue weighted by atomic mass is 9.97. The molecule has 0 aliphatic heterocycles. The smallest absolute Gasteiger partial charge is 0.285 e. The molecule has 3 heterocycles. The van der Waals surface area contributed by atoms with Crippen LogP contribution in [0.1, 0.15) is 34.6 Å². The number of benzene rings is 2. The largest absolute Gasteiger partial charge is 0.455 e. The zero-order valence-electron chi connectivity index (χ0n) is 21.6. The lowest BCUT2D eigenvalue weighted by molar-refractivity contribution is 0.0977. The summed E-state index contributed by atoms with van der Waals surface area (Å²) < 4.78 is 36.7. The minimum Gasteiger partial charge on any atom is -0.455 e. The van der Waals surface area contributed by atoms with E-state index in [1.807, 2.05) is 55.0 Å². The minimum atomic E-state index is -3.85. The van der Waals surface area contributed by atoms with Crippen LogP contribution in [-0.4, -0.2) is 30.7 Å². The summed E-state index contributed by atoms with van der Waals surface area (Å²) in [7, 11) is -3.85. The molecule has 0 unspecified atom stereocenters. The first-order valence-corrected chi connectivity index (χ1v) is 14.3. The Morgan fingerprint density at radius 1 is 1.07 bits per heavy atom. The summed E-state index contributed by atoms with van der Waals surface area (Å²) in [6.07, 6.45) is 2.25. The molecule has 5 aromatic rings. The highest BCUT2D eigenvalue weighted by atomic mass is 35.5. The van der Waals surface area contributed by atoms with Gasteiger partial charge in [0.05, 0.1) is 28.9 Å². The predicted molar refractivity (Wildman–Crippen MR) is 152 cm³/mol. The first kappa shape index (κ1) is 27.1. The molecule has 5 rings (SSSR count). The molecule has 2 aromatic carbocycles. The van der Waals surface area contributed by atoms with Crippen molar-refractivity contribution in [1.82, 2.24) is 14.9 Å². The first-order valence-electron chi connectivity index (χ1n) is 12.0. The van der Waals surface area contributed by atoms with Crippen molar-refractivity contribution >= 4 is 44.2 Å². The van der Waals surface area contributed by atoms with E-state index in [2.05, 4.69) is 15.5 Å². The number of aromatic nitrogens is 2. The number of nitrogens with zero attached hydrogens (tertiary/aromatic N) is 2. The van der Waals surface area contributed by atoms with Crippen LogP contribution in [0.5, 0.6) is 0 Å². The zero-order valence-corrected chi connectivity index (χ0v) is 23.1. The van der Waals surface area contributed by atoms with Gasteiger partial charge in [-0.3, -0.25) is 9.59 Å². The molecule has 1 amide bonds. The lowest BCUT2D eigenvalue weighted by Gasteiger charge is -2.20. The highest BCUT2D eigenvalue weighted by molar-refractivity contribution is 7.89. The third-order valence-electron chi connectivity index (χ3n) is 6.09. The van der Waals surface area contributed by atoms with Gasteiger partial charge in [0, 0.05) is 17.2 Å². The predicted octanol–water partition coefficient (Wildman–Crippen LogP) is 5.33. The minimum absolute atomic E-state index is 0.0109. The van der Waals surface area contributed by atoms with Crippen molar-refractivity contribution in [2.24, 2.45) is 0 Å². The number of halogens is 1. The van der Waals surface area contributed by atoms with Gasteiger partial charge in [0.2, 0.25) is 15.5 Å². The maximum atomic E-state index is 13.9. The monoisotopic (exact) mass is 578 g/mol. The molecular formula is C28H23ClN4O6S. The van der Waals surface area contributed by atoms with Crippen molar-refractivity contribution in [2.75, 3.05) is 11.6 Å². The zero-order chi connectivity index (χ0) is 28.6. The van der Waals surface area contributed by atoms with Crippen LogP contribution in [0, 0.1) is 6.92 Å². The number of rotatable bonds is 7. The highest BCUT2D eigenvalue weighted by Gasteiger charge is 2.24. The summed E-state index contributed by atoms with van der Waals surface area (Å²) in [6.45, 7) is 3.67. The maximum absolute atomic E-state index is 13.9. The topological polar surface area (TPSA) is 144 Å². The normalized spacial score (nSPS) is 12.3. The van der Waals surface area contributed by atoms with Gasteiger partial charge in [-0.2, -0.15) is 0 Å². The molecule has 40 heavy (non-hydrogen) atoms. The molecule has 12 heteroatoms. The molecule has 0 aliphatic carbocycles. The number of amides is 1. The quantitative estimate of drug-likeness (QED) is 0.245. The molecule has 1 atom stereocenters. The molecule has 2 N–H and O–H groups in total. The number of anilines is 1. The van der Waals surface area contributed by atoms with E-state index >= 15 is 0 Å². The summed E-state index contributed by atoms with van der Waals surface area (Å²) >= 11 is 6.00. The van der Waals surface area contributed by atoms with Gasteiger partial charge in [-0.1, -0.05) is 53.2 Å². The standard InChI is InChI=1S/C28H23ClN4O6S/c1-15-13-18(16(2)30-21-9-10-22(29)31-24(21)28(35)33-40(3,36)37)27-19(14-15)25(34)23(20-11-12-38-32-20)26(39-27)17-7-5-4-6-8-17/h4-14,16,30H,1-3H3,(H,33,35)/t16-/m1/s1. The van der Waals surface area contributed by atoms with Crippen LogP contribution < -0.4 is 15.5 Å². The van der Waals surface area contributed by atoms with Crippen molar-refractivity contribution in [1.29, 1.82) is 0 Å². The van der Waals surface area contributed by atoms with E-state index in [1.54, 1.807) is 12.1 Å². The van der Waals surface area contributed by atoms with E-state index in [9.17, 15) is 18.0 Å². The molecule has 10 nitrogen and oxygen atoms in total. The van der Waals surface area contributed by atoms with Crippen LogP contribution in [0.25, 0.3) is 33.6 Å². The van der Waals surface area contributed by atoms with Crippen LogP contribution >= 0.6 is 11.6 Å². The second-order valence-corrected chi connectivity index (χ2v) is 11.4. The van der Waals surface area contributed by atoms with E-state index in [1.165, 1.54) is 18.4 Å². The van der Waals surface area contributed by atoms with E-state index in [-0.39, 0.29) is 27.5 Å². The van der Waals surface area contributed by atoms with Crippen LogP contribution in [0.2, 0.25) is 5.15 Å². The van der Waals surface area contributed by atoms with Crippen LogP contribution in [0.15, 0.2) is 80.7 Å². The van der Waals surface area contributed by atoms with Gasteiger partial charge in [0.1, 0.15) is 28.5 Å². The number of hydrogen-bond donors (Lipinski definition) is 2. The Morgan fingerprint density at radius 2 is 1.82 bits per heavy atom. The third-order valence-corrected chi connectivity index (χ3v) is 6.85. The van der Waals surface area contributed by atoms with Gasteiger partial charge in [-0.05, 0) is 37.6 Å². The van der Waals surface area contributed by atoms with Gasteiger partial charge in [0.15, 0.2) is 5.69 Å². The molecule has 0 aliphatic rings. The Balaban J connectivity index is 1.67. The average Bonchev–Trinajstić information content (AvgIpc) is 3.43. The number of nitrogens with one attached hydrogen (secondary N) is 2. The molecule has 0 spiro atoms. The fraction of sp³-hybridized carbons (Fsp3) is 0.143. The highest BCUT2D eigenvalue weighted by Crippen LogP contribution is 2.36. The molecule has 0 radical (unpaired) electrons. The van der Waals surface area contributed by atoms with Gasteiger partial charge >= 0.3 is 0 Å². The van der Waals surface area contributed by atoms with Gasteiger partial charge in [0.25, 0.3) is 5.91 Å². The van der Waals surface area contributed by atoms with Crippen molar-refractivity contribution in [3.8, 4) is 22.6 Å². The maximum Gasteiger partial charge on any atom is 0.285 e. The van der Waals surface area contributed by atoms with E-state index in [0.717, 1.165) is 11.8 Å². The Kier molecular flexibility index (Phi) is 7.17. The Morgan fingerprint density at radius 3 is 2.50 bits per heavy atom. The molecule has 3 aromatic heterocycles. The van der Waals surface area contributed by atoms with Gasteiger partial charge in [-0.15, -0.1) is 0 Å². The molecule has 204 valence electrons. The Bertz CT molecular complexity index is 1910. The summed E-state index contributed by atoms with van der Waals surface area (Å²) in [5.74, 6) is -0.616. The van der Waals surface area contributed by atoms with E-state index in [0.29, 0.717) is 33.6 Å². The van der Waals surface area contributed by atoms with Crippen molar-refractivity contribution in [3.63, 3.8) is 0 Å². The fourth-order valence-corrected chi connectivity index (χ4v) is 5.00. The van der Waals surface area contributed by atoms with Gasteiger partial charge in [-0.25, -0.2) is 18.1 Å². The van der Waals surface area contributed by atoms with E-state index in [4.69, 9.17) is 20.5 Å². The number of carbonyl (C=O) groups is 1. The van der Waals surface area contributed by atoms with Crippen molar-refractivity contribution in [2.45, 2.75) is 19.9 Å². The fourth-order valence-electron chi connectivity index (χ4n) is 4.42. The molecule has 0 bridgehead atoms. The second-order valence-electron chi connectivity index (χ2n) is 9.22. The van der Waals surface area contributed by atoms with Crippen LogP contribution in [0.3, 0.4) is 0 Å². The molecule has 0 saturated carbocycles. The van der Waals surface area contributed by atoms with Gasteiger partial charge < -0.3 is 14.3 Å². The van der Waals surface area contributed by atoms with Crippen molar-refractivity contribution in [3.05, 3.63) is 99.1 Å². The Hall–Kier alpha value is -4.48. The summed E-state index contributed by atoms with van der Waals surface area (Å²) in [4.78, 5) is 30.6. The van der Waals surface area contributed by atoms with Crippen LogP contribution in [-0.2, 0) is 10.0 Å². The molecule has 0 saturated heterocycles. The Labute approximate surface area is 234 Å². The number of sulfonamides is 1. The van der Waals surface area contributed by atoms with Crippen molar-refractivity contribution < 1.29 is 22.2 Å². The lowest BCUT2D eigenvalue weighted by Crippen LogP contribution is -2.31. The number of aryl methyl sites for hydroxylation is 1. The summed E-state index contributed by atoms with van der Waals surface area (Å²) in [5, 5.41) is 7.53. The number of carbonyl (C=O) groups excluding carboxylic acids is 1. The number of pyridine rings is 1. The second kappa shape index (κ2) is 10.6. The third kappa shape index (κ3) is 5.47. The summed E-state index contributed by atoms with van der Waals surface area (Å²) in [6, 6.07) is 16.9. The van der Waals surface area contributed by atoms with E-state index < -0.39 is 22.0 Å². The first-order chi connectivity index (χ1) is 19.0. The van der Waals surface area contributed by atoms with Crippen LogP contribution in [0.4, 0.5) is 5.69 Å². The molecular weight excluding hydrogens is 556 g/mol. The SMILES string of the molecule is Cc1cc([C@@H](C)Nc2ccc(Cl)nc2C(=O)NS(C)(=O)=O)c2oc(-c3ccccc3)c(-c3ccon3)c(=O)c2c1. The number of fused-ring (bicyclic) bond motifs is 1. The summed E-state index contributed by atoms with van der Waals surface area (Å²) in [5.41, 5.74) is 2.79. The molecule has 0 fully saturated rings. The average molecular weight is 579 g/mol. The number of hydrogen-bond acceptors (Lipinski definition) is 9.